The molecule has 0 bridgehead atoms. The number of esters is 1. The average molecular weight is 508 g/mol. The highest BCUT2D eigenvalue weighted by atomic mass is 16.6. The Morgan fingerprint density at radius 1 is 0.763 bits per heavy atom. The lowest BCUT2D eigenvalue weighted by atomic mass is 9.78. The fourth-order valence-corrected chi connectivity index (χ4v) is 4.16. The van der Waals surface area contributed by atoms with Crippen LogP contribution in [-0.4, -0.2) is 18.0 Å². The Labute approximate surface area is 224 Å². The van der Waals surface area contributed by atoms with E-state index in [-0.39, 0.29) is 11.3 Å². The molecule has 38 heavy (non-hydrogen) atoms. The van der Waals surface area contributed by atoms with Crippen LogP contribution in [0.3, 0.4) is 0 Å². The van der Waals surface area contributed by atoms with Gasteiger partial charge in [0.05, 0.1) is 0 Å². The third-order valence-electron chi connectivity index (χ3n) is 6.69. The minimum atomic E-state index is -0.810. The number of carbonyl (C=O) groups excluding carboxylic acids is 2. The Kier molecular flexibility index (Phi) is 7.96. The first kappa shape index (κ1) is 26.7. The molecule has 0 aliphatic rings. The third kappa shape index (κ3) is 6.30. The van der Waals surface area contributed by atoms with Gasteiger partial charge in [-0.1, -0.05) is 68.4 Å². The summed E-state index contributed by atoms with van der Waals surface area (Å²) in [6.07, 6.45) is -0.810. The van der Waals surface area contributed by atoms with Crippen molar-refractivity contribution < 1.29 is 19.1 Å². The number of hydrogen-bond acceptors (Lipinski definition) is 4. The number of carbonyl (C=O) groups is 2. The maximum atomic E-state index is 12.7. The molecule has 1 atom stereocenters. The first-order chi connectivity index (χ1) is 18.1. The molecule has 0 aliphatic carbocycles. The summed E-state index contributed by atoms with van der Waals surface area (Å²) < 4.78 is 11.3. The van der Waals surface area contributed by atoms with E-state index in [2.05, 4.69) is 31.3 Å². The van der Waals surface area contributed by atoms with Crippen molar-refractivity contribution in [2.75, 3.05) is 5.32 Å². The Morgan fingerprint density at radius 2 is 1.37 bits per heavy atom. The SMILES string of the molecule is Cc1ccc(C)c(NC(=O)c2ccc(OC(=O)C(C)Oc3ccc(C(C)(C)c4ccccc4)cc3)cc2)c1. The summed E-state index contributed by atoms with van der Waals surface area (Å²) >= 11 is 0. The molecular formula is C33H33NO4. The topological polar surface area (TPSA) is 64.6 Å². The van der Waals surface area contributed by atoms with Gasteiger partial charge in [-0.25, -0.2) is 4.79 Å². The van der Waals surface area contributed by atoms with Crippen LogP contribution in [0.4, 0.5) is 5.69 Å². The minimum absolute atomic E-state index is 0.160. The van der Waals surface area contributed by atoms with E-state index in [0.29, 0.717) is 17.1 Å². The molecule has 0 aliphatic heterocycles. The highest BCUT2D eigenvalue weighted by Crippen LogP contribution is 2.32. The van der Waals surface area contributed by atoms with Gasteiger partial charge in [-0.05, 0) is 85.5 Å². The number of ether oxygens (including phenoxy) is 2. The number of anilines is 1. The molecule has 5 heteroatoms. The quantitative estimate of drug-likeness (QED) is 0.201. The number of hydrogen-bond donors (Lipinski definition) is 1. The van der Waals surface area contributed by atoms with Crippen molar-refractivity contribution in [1.82, 2.24) is 0 Å². The van der Waals surface area contributed by atoms with Crippen LogP contribution in [0.5, 0.6) is 11.5 Å². The standard InChI is InChI=1S/C33H33NO4/c1-22-11-12-23(2)30(21-22)34-31(35)25-13-17-29(18-14-25)38-32(36)24(3)37-28-19-15-27(16-20-28)33(4,5)26-9-7-6-8-10-26/h6-21,24H,1-5H3,(H,34,35). The molecule has 4 aromatic rings. The minimum Gasteiger partial charge on any atom is -0.479 e. The van der Waals surface area contributed by atoms with Gasteiger partial charge in [-0.3, -0.25) is 4.79 Å². The Morgan fingerprint density at radius 3 is 2.03 bits per heavy atom. The average Bonchev–Trinajstić information content (AvgIpc) is 2.92. The van der Waals surface area contributed by atoms with Gasteiger partial charge in [0, 0.05) is 16.7 Å². The van der Waals surface area contributed by atoms with Crippen molar-refractivity contribution in [2.45, 2.75) is 46.1 Å². The van der Waals surface area contributed by atoms with Gasteiger partial charge in [0.1, 0.15) is 11.5 Å². The largest absolute Gasteiger partial charge is 0.479 e. The second-order valence-corrected chi connectivity index (χ2v) is 9.99. The zero-order valence-corrected chi connectivity index (χ0v) is 22.4. The molecule has 194 valence electrons. The molecule has 0 spiro atoms. The van der Waals surface area contributed by atoms with E-state index in [4.69, 9.17) is 9.47 Å². The molecule has 4 aromatic carbocycles. The zero-order chi connectivity index (χ0) is 27.3. The summed E-state index contributed by atoms with van der Waals surface area (Å²) in [6.45, 7) is 9.93. The molecule has 0 saturated heterocycles. The van der Waals surface area contributed by atoms with Crippen LogP contribution < -0.4 is 14.8 Å². The predicted molar refractivity (Wildman–Crippen MR) is 151 cm³/mol. The van der Waals surface area contributed by atoms with Crippen molar-refractivity contribution in [1.29, 1.82) is 0 Å². The van der Waals surface area contributed by atoms with E-state index >= 15 is 0 Å². The molecule has 0 heterocycles. The summed E-state index contributed by atoms with van der Waals surface area (Å²) in [5.41, 5.74) is 5.50. The van der Waals surface area contributed by atoms with Crippen molar-refractivity contribution >= 4 is 17.6 Å². The van der Waals surface area contributed by atoms with E-state index in [1.165, 1.54) is 5.56 Å². The Bertz CT molecular complexity index is 1410. The number of rotatable bonds is 8. The molecule has 0 saturated carbocycles. The van der Waals surface area contributed by atoms with Crippen LogP contribution in [0.15, 0.2) is 97.1 Å². The summed E-state index contributed by atoms with van der Waals surface area (Å²) in [5, 5.41) is 2.93. The van der Waals surface area contributed by atoms with Crippen LogP contribution in [0, 0.1) is 13.8 Å². The molecule has 1 amide bonds. The molecule has 0 radical (unpaired) electrons. The van der Waals surface area contributed by atoms with Crippen LogP contribution in [0.25, 0.3) is 0 Å². The summed E-state index contributed by atoms with van der Waals surface area (Å²) in [5.74, 6) is 0.174. The lowest BCUT2D eigenvalue weighted by Crippen LogP contribution is -2.28. The molecule has 1 N–H and O–H groups in total. The van der Waals surface area contributed by atoms with E-state index in [1.54, 1.807) is 31.2 Å². The summed E-state index contributed by atoms with van der Waals surface area (Å²) in [7, 11) is 0. The smallest absolute Gasteiger partial charge is 0.352 e. The normalized spacial score (nSPS) is 11.9. The molecule has 0 aromatic heterocycles. The molecule has 4 rings (SSSR count). The fourth-order valence-electron chi connectivity index (χ4n) is 4.16. The van der Waals surface area contributed by atoms with Gasteiger partial charge in [-0.2, -0.15) is 0 Å². The summed E-state index contributed by atoms with van der Waals surface area (Å²) in [4.78, 5) is 25.3. The maximum Gasteiger partial charge on any atom is 0.352 e. The van der Waals surface area contributed by atoms with Gasteiger partial charge in [0.15, 0.2) is 6.10 Å². The van der Waals surface area contributed by atoms with Crippen molar-refractivity contribution in [3.8, 4) is 11.5 Å². The van der Waals surface area contributed by atoms with E-state index < -0.39 is 12.1 Å². The highest BCUT2D eigenvalue weighted by molar-refractivity contribution is 6.04. The van der Waals surface area contributed by atoms with Crippen LogP contribution >= 0.6 is 0 Å². The lowest BCUT2D eigenvalue weighted by Gasteiger charge is -2.26. The second kappa shape index (κ2) is 11.3. The number of benzene rings is 4. The van der Waals surface area contributed by atoms with Gasteiger partial charge >= 0.3 is 5.97 Å². The monoisotopic (exact) mass is 507 g/mol. The molecule has 5 nitrogen and oxygen atoms in total. The van der Waals surface area contributed by atoms with Gasteiger partial charge in [-0.15, -0.1) is 0 Å². The fraction of sp³-hybridized carbons (Fsp3) is 0.212. The van der Waals surface area contributed by atoms with Gasteiger partial charge in [0.2, 0.25) is 0 Å². The van der Waals surface area contributed by atoms with Crippen molar-refractivity contribution in [2.24, 2.45) is 0 Å². The Balaban J connectivity index is 1.34. The van der Waals surface area contributed by atoms with E-state index in [0.717, 1.165) is 22.4 Å². The van der Waals surface area contributed by atoms with Crippen molar-refractivity contribution in [3.05, 3.63) is 125 Å². The molecular weight excluding hydrogens is 474 g/mol. The highest BCUT2D eigenvalue weighted by Gasteiger charge is 2.23. The maximum absolute atomic E-state index is 12.7. The van der Waals surface area contributed by atoms with Crippen LogP contribution in [0.1, 0.15) is 53.4 Å². The number of amides is 1. The van der Waals surface area contributed by atoms with Gasteiger partial charge in [0.25, 0.3) is 5.91 Å². The zero-order valence-electron chi connectivity index (χ0n) is 22.4. The second-order valence-electron chi connectivity index (χ2n) is 9.99. The summed E-state index contributed by atoms with van der Waals surface area (Å²) in [6, 6.07) is 30.4. The first-order valence-corrected chi connectivity index (χ1v) is 12.7. The van der Waals surface area contributed by atoms with Gasteiger partial charge < -0.3 is 14.8 Å². The van der Waals surface area contributed by atoms with E-state index in [9.17, 15) is 9.59 Å². The Hall–Kier alpha value is -4.38. The first-order valence-electron chi connectivity index (χ1n) is 12.7. The third-order valence-corrected chi connectivity index (χ3v) is 6.69. The number of aryl methyl sites for hydroxylation is 2. The van der Waals surface area contributed by atoms with Crippen LogP contribution in [-0.2, 0) is 10.2 Å². The lowest BCUT2D eigenvalue weighted by molar-refractivity contribution is -0.141. The molecule has 1 unspecified atom stereocenters. The van der Waals surface area contributed by atoms with Crippen molar-refractivity contribution in [3.63, 3.8) is 0 Å². The van der Waals surface area contributed by atoms with Crippen LogP contribution in [0.2, 0.25) is 0 Å². The molecule has 0 fully saturated rings. The predicted octanol–water partition coefficient (Wildman–Crippen LogP) is 7.25. The number of nitrogens with one attached hydrogen (secondary N) is 1. The van der Waals surface area contributed by atoms with E-state index in [1.807, 2.05) is 74.5 Å².